The summed E-state index contributed by atoms with van der Waals surface area (Å²) in [6.45, 7) is 0. The monoisotopic (exact) mass is 455 g/mol. The Hall–Kier alpha value is -3.38. The number of benzene rings is 2. The third kappa shape index (κ3) is 4.57. The largest absolute Gasteiger partial charge is 0.618 e. The van der Waals surface area contributed by atoms with Crippen LogP contribution >= 0.6 is 11.8 Å². The van der Waals surface area contributed by atoms with Gasteiger partial charge in [0.1, 0.15) is 0 Å². The van der Waals surface area contributed by atoms with Gasteiger partial charge in [-0.2, -0.15) is 9.83 Å². The van der Waals surface area contributed by atoms with Gasteiger partial charge in [0.2, 0.25) is 0 Å². The lowest BCUT2D eigenvalue weighted by molar-refractivity contribution is -0.645. The summed E-state index contributed by atoms with van der Waals surface area (Å²) >= 11 is 1.25. The van der Waals surface area contributed by atoms with Gasteiger partial charge in [-0.15, -0.1) is 0 Å². The minimum Gasteiger partial charge on any atom is -0.618 e. The zero-order chi connectivity index (χ0) is 22.6. The van der Waals surface area contributed by atoms with Crippen LogP contribution in [0.15, 0.2) is 101 Å². The van der Waals surface area contributed by atoms with Crippen LogP contribution in [0.4, 0.5) is 0 Å². The molecule has 2 aliphatic rings. The van der Waals surface area contributed by atoms with Gasteiger partial charge in [0, 0.05) is 18.1 Å². The van der Waals surface area contributed by atoms with Crippen LogP contribution in [0.1, 0.15) is 36.4 Å². The second-order valence-electron chi connectivity index (χ2n) is 8.31. The van der Waals surface area contributed by atoms with Crippen LogP contribution in [0, 0.1) is 11.1 Å². The summed E-state index contributed by atoms with van der Waals surface area (Å²) in [5.74, 6) is 0.251. The standard InChI is InChI=1S/C27H25N3O2S/c31-24(19-33-25-16-7-8-17-29(25)32)30-27(21-12-5-2-6-13-21)23-15-9-14-22(26(23)28-30)18-20-10-3-1-4-11-20/h1-8,10-13,16-18,23,27H,9,14-15,19H2. The first-order chi connectivity index (χ1) is 16.2. The van der Waals surface area contributed by atoms with Crippen LogP contribution < -0.4 is 4.73 Å². The van der Waals surface area contributed by atoms with E-state index in [0.717, 1.165) is 40.8 Å². The van der Waals surface area contributed by atoms with Crippen molar-refractivity contribution >= 4 is 29.5 Å². The predicted molar refractivity (Wildman–Crippen MR) is 131 cm³/mol. The number of nitrogens with zero attached hydrogens (tertiary/aromatic N) is 3. The molecule has 1 fully saturated rings. The molecule has 2 unspecified atom stereocenters. The van der Waals surface area contributed by atoms with Crippen LogP contribution in [0.3, 0.4) is 0 Å². The van der Waals surface area contributed by atoms with Crippen LogP contribution in [-0.2, 0) is 4.79 Å². The molecule has 5 rings (SSSR count). The number of pyridine rings is 1. The molecule has 1 saturated carbocycles. The summed E-state index contributed by atoms with van der Waals surface area (Å²) in [5.41, 5.74) is 4.48. The van der Waals surface area contributed by atoms with E-state index >= 15 is 0 Å². The van der Waals surface area contributed by atoms with Crippen LogP contribution in [0.25, 0.3) is 6.08 Å². The van der Waals surface area contributed by atoms with E-state index in [0.29, 0.717) is 5.03 Å². The van der Waals surface area contributed by atoms with E-state index < -0.39 is 0 Å². The van der Waals surface area contributed by atoms with Crippen LogP contribution in [0.2, 0.25) is 0 Å². The maximum atomic E-state index is 13.4. The van der Waals surface area contributed by atoms with Crippen molar-refractivity contribution in [2.75, 3.05) is 5.75 Å². The number of hydrazone groups is 1. The fraction of sp³-hybridized carbons (Fsp3) is 0.222. The Morgan fingerprint density at radius 3 is 2.55 bits per heavy atom. The van der Waals surface area contributed by atoms with Gasteiger partial charge < -0.3 is 5.21 Å². The second-order valence-corrected chi connectivity index (χ2v) is 9.31. The predicted octanol–water partition coefficient (Wildman–Crippen LogP) is 5.24. The van der Waals surface area contributed by atoms with Crippen molar-refractivity contribution in [1.82, 2.24) is 5.01 Å². The fourth-order valence-corrected chi connectivity index (χ4v) is 5.43. The highest BCUT2D eigenvalue weighted by atomic mass is 32.2. The van der Waals surface area contributed by atoms with E-state index in [9.17, 15) is 10.0 Å². The van der Waals surface area contributed by atoms with Crippen LogP contribution in [0.5, 0.6) is 0 Å². The highest BCUT2D eigenvalue weighted by Crippen LogP contribution is 2.44. The van der Waals surface area contributed by atoms with Crippen molar-refractivity contribution in [1.29, 1.82) is 0 Å². The number of fused-ring (bicyclic) bond motifs is 1. The lowest BCUT2D eigenvalue weighted by Gasteiger charge is -2.29. The van der Waals surface area contributed by atoms with Crippen LogP contribution in [-0.4, -0.2) is 22.4 Å². The molecule has 2 heterocycles. The maximum absolute atomic E-state index is 13.4. The van der Waals surface area contributed by atoms with Gasteiger partial charge in [-0.25, -0.2) is 5.01 Å². The molecule has 33 heavy (non-hydrogen) atoms. The Morgan fingerprint density at radius 1 is 1.06 bits per heavy atom. The topological polar surface area (TPSA) is 59.6 Å². The summed E-state index contributed by atoms with van der Waals surface area (Å²) < 4.78 is 0.795. The zero-order valence-electron chi connectivity index (χ0n) is 18.2. The molecule has 1 aliphatic carbocycles. The molecule has 0 spiro atoms. The van der Waals surface area contributed by atoms with Crippen molar-refractivity contribution in [3.8, 4) is 0 Å². The van der Waals surface area contributed by atoms with E-state index in [2.05, 4.69) is 30.3 Å². The SMILES string of the molecule is O=C(CSc1cccc[n+]1[O-])N1N=C2C(=Cc3ccccc3)CCCC2C1c1ccccc1. The average Bonchev–Trinajstić information content (AvgIpc) is 3.25. The Labute approximate surface area is 198 Å². The summed E-state index contributed by atoms with van der Waals surface area (Å²) in [6.07, 6.45) is 6.69. The highest BCUT2D eigenvalue weighted by molar-refractivity contribution is 7.99. The zero-order valence-corrected chi connectivity index (χ0v) is 19.0. The maximum Gasteiger partial charge on any atom is 0.253 e. The highest BCUT2D eigenvalue weighted by Gasteiger charge is 2.43. The quantitative estimate of drug-likeness (QED) is 0.300. The summed E-state index contributed by atoms with van der Waals surface area (Å²) in [4.78, 5) is 13.4. The van der Waals surface area contributed by atoms with Gasteiger partial charge >= 0.3 is 0 Å². The minimum absolute atomic E-state index is 0.0846. The number of rotatable bonds is 5. The molecule has 1 aromatic heterocycles. The molecule has 2 atom stereocenters. The number of amides is 1. The van der Waals surface area contributed by atoms with Crippen molar-refractivity contribution in [2.45, 2.75) is 30.3 Å². The molecule has 0 saturated heterocycles. The number of hydrogen-bond acceptors (Lipinski definition) is 4. The van der Waals surface area contributed by atoms with Crippen molar-refractivity contribution < 1.29 is 9.52 Å². The third-order valence-electron chi connectivity index (χ3n) is 6.17. The summed E-state index contributed by atoms with van der Waals surface area (Å²) in [5, 5.41) is 19.1. The van der Waals surface area contributed by atoms with Gasteiger partial charge in [0.25, 0.3) is 10.9 Å². The average molecular weight is 456 g/mol. The van der Waals surface area contributed by atoms with Gasteiger partial charge in [-0.05, 0) is 59.9 Å². The number of thioether (sulfide) groups is 1. The Balaban J connectivity index is 1.46. The molecule has 1 amide bonds. The number of carbonyl (C=O) groups excluding carboxylic acids is 1. The van der Waals surface area contributed by atoms with E-state index in [1.165, 1.54) is 23.5 Å². The van der Waals surface area contributed by atoms with Crippen molar-refractivity contribution in [2.24, 2.45) is 11.0 Å². The van der Waals surface area contributed by atoms with Gasteiger partial charge in [-0.3, -0.25) is 4.79 Å². The lowest BCUT2D eigenvalue weighted by Crippen LogP contribution is -2.33. The molecule has 5 nitrogen and oxygen atoms in total. The fourth-order valence-electron chi connectivity index (χ4n) is 4.67. The van der Waals surface area contributed by atoms with E-state index in [4.69, 9.17) is 5.10 Å². The Bertz CT molecular complexity index is 1190. The lowest BCUT2D eigenvalue weighted by atomic mass is 9.77. The van der Waals surface area contributed by atoms with Gasteiger partial charge in [-0.1, -0.05) is 60.7 Å². The van der Waals surface area contributed by atoms with Gasteiger partial charge in [0.05, 0.1) is 17.5 Å². The number of hydrogen-bond donors (Lipinski definition) is 0. The molecule has 3 aromatic rings. The number of carbonyl (C=O) groups is 1. The normalized spacial score (nSPS) is 21.0. The first-order valence-corrected chi connectivity index (χ1v) is 12.2. The molecule has 1 aliphatic heterocycles. The Morgan fingerprint density at radius 2 is 1.79 bits per heavy atom. The first kappa shape index (κ1) is 21.5. The Kier molecular flexibility index (Phi) is 6.26. The van der Waals surface area contributed by atoms with E-state index in [1.54, 1.807) is 23.2 Å². The minimum atomic E-state index is -0.121. The molecule has 166 valence electrons. The second kappa shape index (κ2) is 9.63. The molecule has 0 N–H and O–H groups in total. The number of aromatic nitrogens is 1. The summed E-state index contributed by atoms with van der Waals surface area (Å²) in [6, 6.07) is 25.6. The van der Waals surface area contributed by atoms with Gasteiger partial charge in [0.15, 0.2) is 6.20 Å². The molecule has 6 heteroatoms. The smallest absolute Gasteiger partial charge is 0.253 e. The molecule has 0 radical (unpaired) electrons. The molecular weight excluding hydrogens is 430 g/mol. The first-order valence-electron chi connectivity index (χ1n) is 11.2. The van der Waals surface area contributed by atoms with Crippen molar-refractivity contribution in [3.05, 3.63) is 107 Å². The molecule has 2 aromatic carbocycles. The third-order valence-corrected chi connectivity index (χ3v) is 7.17. The molecular formula is C27H25N3O2S. The molecule has 0 bridgehead atoms. The summed E-state index contributed by atoms with van der Waals surface area (Å²) in [7, 11) is 0. The van der Waals surface area contributed by atoms with E-state index in [1.807, 2.05) is 36.4 Å². The van der Waals surface area contributed by atoms with E-state index in [-0.39, 0.29) is 23.6 Å². The number of allylic oxidation sites excluding steroid dienone is 1. The van der Waals surface area contributed by atoms with Crippen molar-refractivity contribution in [3.63, 3.8) is 0 Å².